The molecule has 42 heavy (non-hydrogen) atoms. The van der Waals surface area contributed by atoms with Crippen molar-refractivity contribution in [3.8, 4) is 0 Å². The van der Waals surface area contributed by atoms with Crippen LogP contribution in [-0.4, -0.2) is 64.0 Å². The van der Waals surface area contributed by atoms with Gasteiger partial charge in [0, 0.05) is 37.4 Å². The number of aryl methyl sites for hydroxylation is 1. The van der Waals surface area contributed by atoms with E-state index in [-0.39, 0.29) is 30.8 Å². The number of carbonyl (C=O) groups excluding carboxylic acids is 2. The highest BCUT2D eigenvalue weighted by Gasteiger charge is 2.56. The van der Waals surface area contributed by atoms with E-state index in [1.807, 2.05) is 0 Å². The van der Waals surface area contributed by atoms with Crippen LogP contribution in [0.5, 0.6) is 0 Å². The van der Waals surface area contributed by atoms with Gasteiger partial charge in [-0.05, 0) is 79.8 Å². The van der Waals surface area contributed by atoms with Crippen LogP contribution in [0.15, 0.2) is 42.5 Å². The van der Waals surface area contributed by atoms with Crippen molar-refractivity contribution in [2.24, 2.45) is 5.92 Å². The van der Waals surface area contributed by atoms with Crippen LogP contribution in [0.25, 0.3) is 0 Å². The first-order chi connectivity index (χ1) is 19.7. The molecule has 0 bridgehead atoms. The first-order valence-electron chi connectivity index (χ1n) is 14.1. The minimum Gasteiger partial charge on any atom is -0.480 e. The lowest BCUT2D eigenvalue weighted by atomic mass is 9.63. The van der Waals surface area contributed by atoms with Crippen LogP contribution in [0.1, 0.15) is 61.8 Å². The number of piperidine rings is 1. The fraction of sp³-hybridized carbons (Fsp3) is 0.516. The van der Waals surface area contributed by atoms with Gasteiger partial charge >= 0.3 is 12.1 Å². The Morgan fingerprint density at radius 2 is 1.69 bits per heavy atom. The number of fused-ring (bicyclic) bond motifs is 3. The van der Waals surface area contributed by atoms with Crippen LogP contribution in [0, 0.1) is 11.7 Å². The summed E-state index contributed by atoms with van der Waals surface area (Å²) in [6, 6.07) is 8.50. The van der Waals surface area contributed by atoms with Gasteiger partial charge in [0.15, 0.2) is 0 Å². The molecule has 11 heteroatoms. The highest BCUT2D eigenvalue weighted by Crippen LogP contribution is 2.51. The largest absolute Gasteiger partial charge is 0.480 e. The third-order valence-electron chi connectivity index (χ3n) is 9.57. The molecule has 2 fully saturated rings. The van der Waals surface area contributed by atoms with Crippen LogP contribution in [0.3, 0.4) is 0 Å². The topological polar surface area (TPSA) is 77.9 Å². The number of carbonyl (C=O) groups is 3. The summed E-state index contributed by atoms with van der Waals surface area (Å²) in [7, 11) is 0. The van der Waals surface area contributed by atoms with Crippen LogP contribution in [0.2, 0.25) is 0 Å². The monoisotopic (exact) mass is 592 g/mol. The number of aliphatic carboxylic acids is 1. The molecule has 226 valence electrons. The number of carboxylic acids is 1. The Bertz CT molecular complexity index is 1390. The summed E-state index contributed by atoms with van der Waals surface area (Å²) >= 11 is 0. The van der Waals surface area contributed by atoms with Gasteiger partial charge in [-0.2, -0.15) is 13.2 Å². The van der Waals surface area contributed by atoms with Gasteiger partial charge in [-0.1, -0.05) is 30.3 Å². The van der Waals surface area contributed by atoms with Gasteiger partial charge in [-0.25, -0.2) is 13.6 Å². The van der Waals surface area contributed by atoms with E-state index in [1.54, 1.807) is 23.1 Å². The van der Waals surface area contributed by atoms with Gasteiger partial charge in [-0.15, -0.1) is 0 Å². The molecular weight excluding hydrogens is 559 g/mol. The maximum Gasteiger partial charge on any atom is 0.426 e. The molecule has 3 unspecified atom stereocenters. The van der Waals surface area contributed by atoms with Gasteiger partial charge in [-0.3, -0.25) is 9.59 Å². The number of hydrogen-bond donors (Lipinski definition) is 1. The highest BCUT2D eigenvalue weighted by atomic mass is 19.4. The average molecular weight is 593 g/mol. The molecule has 0 radical (unpaired) electrons. The summed E-state index contributed by atoms with van der Waals surface area (Å²) in [5.41, 5.74) is -2.60. The third kappa shape index (κ3) is 5.04. The molecular formula is C31H33F5N2O4. The number of carboxylic acid groups (broad SMARTS) is 1. The number of halogens is 5. The summed E-state index contributed by atoms with van der Waals surface area (Å²) in [4.78, 5) is 40.9. The summed E-state index contributed by atoms with van der Waals surface area (Å²) in [6.45, 7) is 2.30. The Morgan fingerprint density at radius 1 is 1.00 bits per heavy atom. The number of rotatable bonds is 5. The molecule has 5 rings (SSSR count). The van der Waals surface area contributed by atoms with E-state index in [0.717, 1.165) is 11.1 Å². The molecule has 2 saturated heterocycles. The molecule has 0 spiro atoms. The minimum absolute atomic E-state index is 0.00555. The van der Waals surface area contributed by atoms with Crippen LogP contribution >= 0.6 is 0 Å². The molecule has 0 aromatic heterocycles. The van der Waals surface area contributed by atoms with E-state index >= 15 is 0 Å². The predicted molar refractivity (Wildman–Crippen MR) is 143 cm³/mol. The van der Waals surface area contributed by atoms with Gasteiger partial charge in [0.05, 0.1) is 0 Å². The standard InChI is InChI=1S/C31H33F5N2O4/c1-18(39)37-13-11-21(16-25(37)28(41)42)27(40)38-14-12-30(17-19-3-7-23(32)8-4-19)24-9-6-22(29(2,33)31(34,35)36)15-20(24)5-10-26(30)38/h3-4,6-9,15,21,25-26H,5,10-14,16-17H2,1-2H3,(H,41,42)/t21?,25?,26-,29?,30-/m1/s1. The number of amides is 2. The number of hydrogen-bond acceptors (Lipinski definition) is 3. The van der Waals surface area contributed by atoms with E-state index in [2.05, 4.69) is 0 Å². The predicted octanol–water partition coefficient (Wildman–Crippen LogP) is 5.31. The Labute approximate surface area is 240 Å². The first kappa shape index (κ1) is 30.0. The smallest absolute Gasteiger partial charge is 0.426 e. The number of benzene rings is 2. The van der Waals surface area contributed by atoms with E-state index in [4.69, 9.17) is 0 Å². The quantitative estimate of drug-likeness (QED) is 0.478. The van der Waals surface area contributed by atoms with E-state index in [0.29, 0.717) is 51.1 Å². The second kappa shape index (κ2) is 10.6. The van der Waals surface area contributed by atoms with E-state index in [9.17, 15) is 41.4 Å². The zero-order valence-corrected chi connectivity index (χ0v) is 23.4. The van der Waals surface area contributed by atoms with Crippen molar-refractivity contribution in [3.05, 3.63) is 70.5 Å². The lowest BCUT2D eigenvalue weighted by Gasteiger charge is -2.45. The lowest BCUT2D eigenvalue weighted by molar-refractivity contribution is -0.228. The van der Waals surface area contributed by atoms with Crippen molar-refractivity contribution in [3.63, 3.8) is 0 Å². The van der Waals surface area contributed by atoms with Crippen molar-refractivity contribution in [2.75, 3.05) is 13.1 Å². The SMILES string of the molecule is CC(=O)N1CCC(C(=O)N2CC[C@@]3(Cc4ccc(F)cc4)c4ccc(C(C)(F)C(F)(F)F)cc4CC[C@@H]23)CC1C(=O)O. The molecule has 2 aromatic rings. The Morgan fingerprint density at radius 3 is 2.31 bits per heavy atom. The second-order valence-electron chi connectivity index (χ2n) is 12.0. The summed E-state index contributed by atoms with van der Waals surface area (Å²) in [5, 5.41) is 9.73. The van der Waals surface area contributed by atoms with Crippen LogP contribution in [-0.2, 0) is 38.3 Å². The molecule has 0 saturated carbocycles. The van der Waals surface area contributed by atoms with Crippen molar-refractivity contribution in [1.29, 1.82) is 0 Å². The number of alkyl halides is 4. The molecule has 1 N–H and O–H groups in total. The zero-order chi connectivity index (χ0) is 30.6. The Hall–Kier alpha value is -3.50. The fourth-order valence-corrected chi connectivity index (χ4v) is 7.29. The van der Waals surface area contributed by atoms with Crippen molar-refractivity contribution >= 4 is 17.8 Å². The minimum atomic E-state index is -5.09. The molecule has 5 atom stereocenters. The molecule has 3 aliphatic rings. The van der Waals surface area contributed by atoms with Crippen LogP contribution in [0.4, 0.5) is 22.0 Å². The van der Waals surface area contributed by atoms with Crippen molar-refractivity contribution < 1.29 is 41.4 Å². The molecule has 2 aliphatic heterocycles. The first-order valence-corrected chi connectivity index (χ1v) is 14.1. The molecule has 6 nitrogen and oxygen atoms in total. The van der Waals surface area contributed by atoms with Crippen LogP contribution < -0.4 is 0 Å². The normalized spacial score (nSPS) is 27.2. The molecule has 2 aromatic carbocycles. The fourth-order valence-electron chi connectivity index (χ4n) is 7.29. The Balaban J connectivity index is 1.50. The van der Waals surface area contributed by atoms with Crippen molar-refractivity contribution in [1.82, 2.24) is 9.80 Å². The summed E-state index contributed by atoms with van der Waals surface area (Å²) < 4.78 is 69.2. The van der Waals surface area contributed by atoms with Crippen molar-refractivity contribution in [2.45, 2.75) is 81.7 Å². The second-order valence-corrected chi connectivity index (χ2v) is 12.0. The zero-order valence-electron chi connectivity index (χ0n) is 23.4. The molecule has 2 amide bonds. The number of nitrogens with zero attached hydrogens (tertiary/aromatic N) is 2. The lowest BCUT2D eigenvalue weighted by Crippen LogP contribution is -2.54. The van der Waals surface area contributed by atoms with E-state index in [1.165, 1.54) is 36.1 Å². The maximum absolute atomic E-state index is 14.9. The van der Waals surface area contributed by atoms with E-state index < -0.39 is 46.6 Å². The number of likely N-dealkylation sites (tertiary alicyclic amines) is 2. The maximum atomic E-state index is 14.9. The molecule has 1 aliphatic carbocycles. The third-order valence-corrected chi connectivity index (χ3v) is 9.57. The average Bonchev–Trinajstić information content (AvgIpc) is 3.31. The van der Waals surface area contributed by atoms with Gasteiger partial charge < -0.3 is 14.9 Å². The summed E-state index contributed by atoms with van der Waals surface area (Å²) in [5.74, 6) is -2.76. The Kier molecular flexibility index (Phi) is 7.60. The van der Waals surface area contributed by atoms with Gasteiger partial charge in [0.1, 0.15) is 11.9 Å². The van der Waals surface area contributed by atoms with Gasteiger partial charge in [0.2, 0.25) is 17.5 Å². The van der Waals surface area contributed by atoms with Gasteiger partial charge in [0.25, 0.3) is 0 Å². The summed E-state index contributed by atoms with van der Waals surface area (Å²) in [6.07, 6.45) is -3.15. The highest BCUT2D eigenvalue weighted by molar-refractivity contribution is 5.85. The molecule has 2 heterocycles.